The van der Waals surface area contributed by atoms with Gasteiger partial charge in [-0.05, 0) is 30.3 Å². The number of ketones is 1. The van der Waals surface area contributed by atoms with Gasteiger partial charge in [-0.1, -0.05) is 23.7 Å². The summed E-state index contributed by atoms with van der Waals surface area (Å²) < 4.78 is 15.8. The molecule has 31 heavy (non-hydrogen) atoms. The number of nitrogens with zero attached hydrogens (tertiary/aromatic N) is 1. The van der Waals surface area contributed by atoms with Crippen LogP contribution in [0, 0.1) is 0 Å². The number of esters is 1. The van der Waals surface area contributed by atoms with Crippen LogP contribution in [0.1, 0.15) is 5.56 Å². The lowest BCUT2D eigenvalue weighted by Crippen LogP contribution is -2.18. The van der Waals surface area contributed by atoms with Crippen molar-refractivity contribution >= 4 is 46.2 Å². The molecule has 0 amide bonds. The van der Waals surface area contributed by atoms with E-state index in [2.05, 4.69) is 15.3 Å². The summed E-state index contributed by atoms with van der Waals surface area (Å²) >= 11 is 6.20. The van der Waals surface area contributed by atoms with E-state index in [-0.39, 0.29) is 30.4 Å². The number of halogens is 1. The molecule has 0 radical (unpaired) electrons. The molecule has 8 nitrogen and oxygen atoms in total. The number of rotatable bonds is 7. The zero-order chi connectivity index (χ0) is 21.8. The summed E-state index contributed by atoms with van der Waals surface area (Å²) in [6.45, 7) is 0.199. The Morgan fingerprint density at radius 3 is 2.90 bits per heavy atom. The normalized spacial score (nSPS) is 14.9. The van der Waals surface area contributed by atoms with Crippen molar-refractivity contribution in [3.63, 3.8) is 0 Å². The highest BCUT2D eigenvalue weighted by atomic mass is 35.5. The average molecular weight is 440 g/mol. The van der Waals surface area contributed by atoms with Gasteiger partial charge in [-0.2, -0.15) is 0 Å². The Kier molecular flexibility index (Phi) is 6.01. The van der Waals surface area contributed by atoms with Gasteiger partial charge in [-0.3, -0.25) is 4.79 Å². The number of carbonyl (C=O) groups is 2. The molecule has 3 aromatic rings. The van der Waals surface area contributed by atoms with E-state index in [0.29, 0.717) is 21.9 Å². The Labute approximate surface area is 182 Å². The number of aromatic nitrogens is 2. The van der Waals surface area contributed by atoms with Gasteiger partial charge < -0.3 is 24.5 Å². The number of aromatic amines is 1. The van der Waals surface area contributed by atoms with Crippen molar-refractivity contribution in [2.45, 2.75) is 0 Å². The van der Waals surface area contributed by atoms with Gasteiger partial charge in [0.2, 0.25) is 11.7 Å². The van der Waals surface area contributed by atoms with Gasteiger partial charge in [-0.15, -0.1) is 0 Å². The smallest absolute Gasteiger partial charge is 0.347 e. The largest absolute Gasteiger partial charge is 0.459 e. The molecule has 3 heterocycles. The van der Waals surface area contributed by atoms with Crippen LogP contribution in [0.25, 0.3) is 17.1 Å². The fourth-order valence-corrected chi connectivity index (χ4v) is 3.20. The molecule has 2 aromatic heterocycles. The molecule has 2 N–H and O–H groups in total. The van der Waals surface area contributed by atoms with E-state index in [1.807, 2.05) is 6.07 Å². The Hall–Kier alpha value is -3.62. The molecular formula is C22H18ClN3O5. The minimum atomic E-state index is -0.819. The molecule has 0 unspecified atom stereocenters. The van der Waals surface area contributed by atoms with E-state index in [0.717, 1.165) is 5.39 Å². The van der Waals surface area contributed by atoms with Crippen LogP contribution in [-0.4, -0.2) is 42.0 Å². The number of hydrogen-bond donors (Lipinski definition) is 2. The van der Waals surface area contributed by atoms with Crippen LogP contribution in [0.5, 0.6) is 0 Å². The molecule has 0 aliphatic carbocycles. The highest BCUT2D eigenvalue weighted by Crippen LogP contribution is 2.32. The minimum absolute atomic E-state index is 0.00134. The molecule has 1 aliphatic heterocycles. The lowest BCUT2D eigenvalue weighted by molar-refractivity contribution is -0.141. The maximum atomic E-state index is 13.0. The van der Waals surface area contributed by atoms with Crippen LogP contribution in [0.2, 0.25) is 5.02 Å². The zero-order valence-electron chi connectivity index (χ0n) is 16.5. The summed E-state index contributed by atoms with van der Waals surface area (Å²) in [5.74, 6) is -1.50. The molecule has 0 saturated heterocycles. The topological polar surface area (TPSA) is 103 Å². The standard InChI is InChI=1S/C22H18ClN3O5/c1-29-9-10-30-22(28)18-19(27)17(11-13-12-25-20-14(13)5-4-8-24-20)31-21(18)26-16-7-3-2-6-15(16)23/h2-8,11-12,26H,9-10H2,1H3,(H,24,25). The number of nitrogens with one attached hydrogen (secondary N) is 2. The number of para-hydroxylation sites is 1. The second-order valence-electron chi connectivity index (χ2n) is 6.52. The number of allylic oxidation sites excluding steroid dienone is 1. The summed E-state index contributed by atoms with van der Waals surface area (Å²) in [6, 6.07) is 10.5. The molecule has 0 spiro atoms. The van der Waals surface area contributed by atoms with Crippen LogP contribution in [-0.2, 0) is 23.8 Å². The SMILES string of the molecule is COCCOC(=O)C1=C(Nc2ccccc2Cl)OC(=Cc2c[nH]c3ncccc23)C1=O. The van der Waals surface area contributed by atoms with Gasteiger partial charge in [0.05, 0.1) is 17.3 Å². The van der Waals surface area contributed by atoms with E-state index in [9.17, 15) is 9.59 Å². The number of benzene rings is 1. The average Bonchev–Trinajstić information content (AvgIpc) is 3.31. The fraction of sp³-hybridized carbons (Fsp3) is 0.136. The van der Waals surface area contributed by atoms with Crippen molar-refractivity contribution in [1.82, 2.24) is 9.97 Å². The summed E-state index contributed by atoms with van der Waals surface area (Å²) in [7, 11) is 1.48. The molecule has 158 valence electrons. The Bertz CT molecular complexity index is 1210. The van der Waals surface area contributed by atoms with Crippen molar-refractivity contribution in [3.8, 4) is 0 Å². The number of pyridine rings is 1. The minimum Gasteiger partial charge on any atom is -0.459 e. The first-order chi connectivity index (χ1) is 15.1. The van der Waals surface area contributed by atoms with E-state index in [1.54, 1.807) is 48.8 Å². The molecule has 9 heteroatoms. The predicted octanol–water partition coefficient (Wildman–Crippen LogP) is 3.67. The van der Waals surface area contributed by atoms with E-state index >= 15 is 0 Å². The predicted molar refractivity (Wildman–Crippen MR) is 115 cm³/mol. The molecule has 4 rings (SSSR count). The first-order valence-electron chi connectivity index (χ1n) is 9.36. The van der Waals surface area contributed by atoms with Crippen LogP contribution < -0.4 is 5.32 Å². The molecular weight excluding hydrogens is 422 g/mol. The van der Waals surface area contributed by atoms with E-state index in [1.165, 1.54) is 7.11 Å². The third kappa shape index (κ3) is 4.30. The highest BCUT2D eigenvalue weighted by Gasteiger charge is 2.37. The van der Waals surface area contributed by atoms with Gasteiger partial charge in [0.1, 0.15) is 12.3 Å². The van der Waals surface area contributed by atoms with Gasteiger partial charge >= 0.3 is 5.97 Å². The number of fused-ring (bicyclic) bond motifs is 1. The van der Waals surface area contributed by atoms with Gasteiger partial charge in [0, 0.05) is 30.5 Å². The summed E-state index contributed by atoms with van der Waals surface area (Å²) in [5, 5.41) is 4.13. The lowest BCUT2D eigenvalue weighted by atomic mass is 10.1. The Morgan fingerprint density at radius 2 is 2.10 bits per heavy atom. The summed E-state index contributed by atoms with van der Waals surface area (Å²) in [4.78, 5) is 32.9. The number of Topliss-reactive ketones (excluding diaryl/α,β-unsaturated/α-hetero) is 1. The Morgan fingerprint density at radius 1 is 1.26 bits per heavy atom. The third-order valence-corrected chi connectivity index (χ3v) is 4.84. The molecule has 0 bridgehead atoms. The van der Waals surface area contributed by atoms with Gasteiger partial charge in [0.25, 0.3) is 0 Å². The maximum absolute atomic E-state index is 13.0. The second-order valence-corrected chi connectivity index (χ2v) is 6.93. The Balaban J connectivity index is 1.68. The quantitative estimate of drug-likeness (QED) is 0.250. The highest BCUT2D eigenvalue weighted by molar-refractivity contribution is 6.33. The van der Waals surface area contributed by atoms with Gasteiger partial charge in [-0.25, -0.2) is 9.78 Å². The molecule has 1 aliphatic rings. The van der Waals surface area contributed by atoms with Crippen molar-refractivity contribution < 1.29 is 23.8 Å². The zero-order valence-corrected chi connectivity index (χ0v) is 17.2. The molecule has 0 atom stereocenters. The number of methoxy groups -OCH3 is 1. The van der Waals surface area contributed by atoms with Crippen molar-refractivity contribution in [2.24, 2.45) is 0 Å². The van der Waals surface area contributed by atoms with E-state index < -0.39 is 11.8 Å². The van der Waals surface area contributed by atoms with Crippen LogP contribution in [0.3, 0.4) is 0 Å². The van der Waals surface area contributed by atoms with Crippen LogP contribution in [0.15, 0.2) is 66.0 Å². The summed E-state index contributed by atoms with van der Waals surface area (Å²) in [5.41, 5.74) is 1.59. The summed E-state index contributed by atoms with van der Waals surface area (Å²) in [6.07, 6.45) is 4.91. The second kappa shape index (κ2) is 9.03. The van der Waals surface area contributed by atoms with Crippen LogP contribution in [0.4, 0.5) is 5.69 Å². The fourth-order valence-electron chi connectivity index (χ4n) is 3.01. The number of anilines is 1. The first-order valence-corrected chi connectivity index (χ1v) is 9.74. The maximum Gasteiger partial charge on any atom is 0.347 e. The van der Waals surface area contributed by atoms with Gasteiger partial charge in [0.15, 0.2) is 11.3 Å². The van der Waals surface area contributed by atoms with Crippen molar-refractivity contribution in [1.29, 1.82) is 0 Å². The van der Waals surface area contributed by atoms with Crippen molar-refractivity contribution in [2.75, 3.05) is 25.6 Å². The lowest BCUT2D eigenvalue weighted by Gasteiger charge is -2.10. The molecule has 0 saturated carbocycles. The number of carbonyl (C=O) groups excluding carboxylic acids is 2. The molecule has 0 fully saturated rings. The number of hydrogen-bond acceptors (Lipinski definition) is 7. The first kappa shape index (κ1) is 20.6. The monoisotopic (exact) mass is 439 g/mol. The number of ether oxygens (including phenoxy) is 3. The van der Waals surface area contributed by atoms with Crippen LogP contribution >= 0.6 is 11.6 Å². The number of H-pyrrole nitrogens is 1. The molecule has 1 aromatic carbocycles. The van der Waals surface area contributed by atoms with Crippen molar-refractivity contribution in [3.05, 3.63) is 76.6 Å². The third-order valence-electron chi connectivity index (χ3n) is 4.51. The van der Waals surface area contributed by atoms with E-state index in [4.69, 9.17) is 25.8 Å².